The fourth-order valence-electron chi connectivity index (χ4n) is 2.88. The van der Waals surface area contributed by atoms with Crippen molar-refractivity contribution in [2.45, 2.75) is 38.0 Å². The standard InChI is InChI=1S/C15H20O2/c16-12-17-11-15(13-7-3-1-4-8-13)14-9-5-2-6-10-14/h1,3-4,7-8,12,14-15H,2,5-6,9-11H2. The molecule has 0 amide bonds. The molecule has 2 rings (SSSR count). The minimum atomic E-state index is 0.377. The summed E-state index contributed by atoms with van der Waals surface area (Å²) in [6.07, 6.45) is 6.51. The molecule has 1 aromatic carbocycles. The van der Waals surface area contributed by atoms with E-state index >= 15 is 0 Å². The van der Waals surface area contributed by atoms with Crippen LogP contribution in [0.4, 0.5) is 0 Å². The summed E-state index contributed by atoms with van der Waals surface area (Å²) in [5.74, 6) is 1.05. The zero-order valence-electron chi connectivity index (χ0n) is 10.2. The van der Waals surface area contributed by atoms with Crippen LogP contribution >= 0.6 is 0 Å². The maximum absolute atomic E-state index is 10.4. The van der Waals surface area contributed by atoms with Gasteiger partial charge in [-0.3, -0.25) is 4.79 Å². The number of rotatable bonds is 5. The number of carbonyl (C=O) groups excluding carboxylic acids is 1. The van der Waals surface area contributed by atoms with Crippen LogP contribution in [-0.4, -0.2) is 13.1 Å². The molecule has 1 aliphatic carbocycles. The van der Waals surface area contributed by atoms with Crippen LogP contribution in [0.15, 0.2) is 30.3 Å². The van der Waals surface area contributed by atoms with E-state index in [0.29, 0.717) is 24.9 Å². The van der Waals surface area contributed by atoms with E-state index < -0.39 is 0 Å². The Balaban J connectivity index is 2.09. The molecule has 2 nitrogen and oxygen atoms in total. The van der Waals surface area contributed by atoms with Crippen LogP contribution in [0.2, 0.25) is 0 Å². The Kier molecular flexibility index (Phi) is 4.60. The molecule has 1 saturated carbocycles. The fraction of sp³-hybridized carbons (Fsp3) is 0.533. The van der Waals surface area contributed by atoms with E-state index in [4.69, 9.17) is 4.74 Å². The molecular weight excluding hydrogens is 212 g/mol. The van der Waals surface area contributed by atoms with Crippen molar-refractivity contribution in [2.75, 3.05) is 6.61 Å². The molecule has 0 radical (unpaired) electrons. The summed E-state index contributed by atoms with van der Waals surface area (Å²) in [5, 5.41) is 0. The van der Waals surface area contributed by atoms with Gasteiger partial charge in [-0.15, -0.1) is 0 Å². The fourth-order valence-corrected chi connectivity index (χ4v) is 2.88. The second kappa shape index (κ2) is 6.43. The predicted octanol–water partition coefficient (Wildman–Crippen LogP) is 3.52. The molecule has 1 unspecified atom stereocenters. The van der Waals surface area contributed by atoms with Gasteiger partial charge in [0.2, 0.25) is 0 Å². The molecule has 1 aromatic rings. The van der Waals surface area contributed by atoms with Crippen molar-refractivity contribution < 1.29 is 9.53 Å². The Morgan fingerprint density at radius 3 is 2.53 bits per heavy atom. The van der Waals surface area contributed by atoms with Gasteiger partial charge in [0.1, 0.15) is 0 Å². The normalized spacial score (nSPS) is 18.6. The van der Waals surface area contributed by atoms with E-state index in [2.05, 4.69) is 24.3 Å². The van der Waals surface area contributed by atoms with Gasteiger partial charge in [-0.1, -0.05) is 49.6 Å². The smallest absolute Gasteiger partial charge is 0.293 e. The maximum Gasteiger partial charge on any atom is 0.293 e. The first-order chi connectivity index (χ1) is 8.42. The molecule has 0 aliphatic heterocycles. The first kappa shape index (κ1) is 12.2. The quantitative estimate of drug-likeness (QED) is 0.726. The highest BCUT2D eigenvalue weighted by atomic mass is 16.5. The van der Waals surface area contributed by atoms with Crippen LogP contribution in [0, 0.1) is 5.92 Å². The van der Waals surface area contributed by atoms with E-state index in [1.807, 2.05) is 6.07 Å². The lowest BCUT2D eigenvalue weighted by atomic mass is 9.77. The van der Waals surface area contributed by atoms with Gasteiger partial charge in [-0.05, 0) is 24.3 Å². The second-order valence-electron chi connectivity index (χ2n) is 4.84. The zero-order valence-corrected chi connectivity index (χ0v) is 10.2. The molecular formula is C15H20O2. The van der Waals surface area contributed by atoms with Crippen LogP contribution in [-0.2, 0) is 9.53 Å². The van der Waals surface area contributed by atoms with Crippen molar-refractivity contribution in [3.63, 3.8) is 0 Å². The van der Waals surface area contributed by atoms with Crippen LogP contribution in [0.1, 0.15) is 43.6 Å². The Labute approximate surface area is 103 Å². The monoisotopic (exact) mass is 232 g/mol. The number of benzene rings is 1. The molecule has 1 atom stereocenters. The minimum absolute atomic E-state index is 0.377. The van der Waals surface area contributed by atoms with Crippen molar-refractivity contribution in [3.05, 3.63) is 35.9 Å². The highest BCUT2D eigenvalue weighted by molar-refractivity contribution is 5.37. The average Bonchev–Trinajstić information content (AvgIpc) is 2.42. The summed E-state index contributed by atoms with van der Waals surface area (Å²) in [4.78, 5) is 10.4. The summed E-state index contributed by atoms with van der Waals surface area (Å²) < 4.78 is 5.02. The first-order valence-corrected chi connectivity index (χ1v) is 6.52. The predicted molar refractivity (Wildman–Crippen MR) is 67.8 cm³/mol. The molecule has 0 spiro atoms. The number of hydrogen-bond donors (Lipinski definition) is 0. The van der Waals surface area contributed by atoms with Crippen LogP contribution in [0.3, 0.4) is 0 Å². The lowest BCUT2D eigenvalue weighted by molar-refractivity contribution is -0.129. The van der Waals surface area contributed by atoms with Crippen molar-refractivity contribution in [2.24, 2.45) is 5.92 Å². The van der Waals surface area contributed by atoms with Crippen LogP contribution in [0.5, 0.6) is 0 Å². The van der Waals surface area contributed by atoms with Gasteiger partial charge in [0.05, 0.1) is 6.61 Å². The van der Waals surface area contributed by atoms with E-state index in [9.17, 15) is 4.79 Å². The van der Waals surface area contributed by atoms with Crippen molar-refractivity contribution in [3.8, 4) is 0 Å². The van der Waals surface area contributed by atoms with Gasteiger partial charge >= 0.3 is 0 Å². The molecule has 2 heteroatoms. The molecule has 1 aliphatic rings. The number of carbonyl (C=O) groups is 1. The largest absolute Gasteiger partial charge is 0.467 e. The van der Waals surface area contributed by atoms with Crippen LogP contribution in [0.25, 0.3) is 0 Å². The van der Waals surface area contributed by atoms with Gasteiger partial charge in [0.25, 0.3) is 6.47 Å². The van der Waals surface area contributed by atoms with Gasteiger partial charge in [-0.25, -0.2) is 0 Å². The van der Waals surface area contributed by atoms with Gasteiger partial charge in [-0.2, -0.15) is 0 Å². The molecule has 17 heavy (non-hydrogen) atoms. The number of hydrogen-bond acceptors (Lipinski definition) is 2. The summed E-state index contributed by atoms with van der Waals surface area (Å²) in [5.41, 5.74) is 1.31. The summed E-state index contributed by atoms with van der Waals surface area (Å²) in [6.45, 7) is 1.09. The van der Waals surface area contributed by atoms with E-state index in [0.717, 1.165) is 0 Å². The minimum Gasteiger partial charge on any atom is -0.467 e. The Morgan fingerprint density at radius 2 is 1.88 bits per heavy atom. The summed E-state index contributed by atoms with van der Waals surface area (Å²) in [7, 11) is 0. The third-order valence-electron chi connectivity index (χ3n) is 3.79. The lowest BCUT2D eigenvalue weighted by Gasteiger charge is -2.29. The number of ether oxygens (including phenoxy) is 1. The SMILES string of the molecule is O=COCC(c1ccccc1)C1CCCCC1. The van der Waals surface area contributed by atoms with E-state index in [1.165, 1.54) is 37.7 Å². The molecule has 0 heterocycles. The first-order valence-electron chi connectivity index (χ1n) is 6.52. The van der Waals surface area contributed by atoms with Crippen molar-refractivity contribution in [1.29, 1.82) is 0 Å². The van der Waals surface area contributed by atoms with Gasteiger partial charge in [0, 0.05) is 5.92 Å². The highest BCUT2D eigenvalue weighted by Gasteiger charge is 2.25. The zero-order chi connectivity index (χ0) is 11.9. The molecule has 0 aromatic heterocycles. The van der Waals surface area contributed by atoms with Crippen molar-refractivity contribution in [1.82, 2.24) is 0 Å². The third kappa shape index (κ3) is 3.32. The average molecular weight is 232 g/mol. The maximum atomic E-state index is 10.4. The second-order valence-corrected chi connectivity index (χ2v) is 4.84. The Hall–Kier alpha value is -1.31. The topological polar surface area (TPSA) is 26.3 Å². The van der Waals surface area contributed by atoms with E-state index in [-0.39, 0.29) is 0 Å². The van der Waals surface area contributed by atoms with Gasteiger partial charge in [0.15, 0.2) is 0 Å². The van der Waals surface area contributed by atoms with Crippen molar-refractivity contribution >= 4 is 6.47 Å². The summed E-state index contributed by atoms with van der Waals surface area (Å²) >= 11 is 0. The summed E-state index contributed by atoms with van der Waals surface area (Å²) in [6, 6.07) is 10.4. The molecule has 0 N–H and O–H groups in total. The third-order valence-corrected chi connectivity index (χ3v) is 3.79. The van der Waals surface area contributed by atoms with Crippen LogP contribution < -0.4 is 0 Å². The molecule has 0 bridgehead atoms. The molecule has 0 saturated heterocycles. The van der Waals surface area contributed by atoms with Gasteiger partial charge < -0.3 is 4.74 Å². The lowest BCUT2D eigenvalue weighted by Crippen LogP contribution is -2.20. The molecule has 92 valence electrons. The Bertz CT molecular complexity index is 328. The molecule has 1 fully saturated rings. The van der Waals surface area contributed by atoms with E-state index in [1.54, 1.807) is 0 Å². The highest BCUT2D eigenvalue weighted by Crippen LogP contribution is 2.36. The Morgan fingerprint density at radius 1 is 1.18 bits per heavy atom.